The number of piperidine rings is 2. The standard InChI is InChI=1S/C26H35N3O/c30-26(27-16-13-22-8-3-1-4-9-22)24-12-7-17-29(21-24)25-14-18-28(19-15-25)20-23-10-5-2-6-11-23/h1-6,8-11,24-25H,7,12-21H2,(H,27,30)/t24-/m1/s1. The van der Waals surface area contributed by atoms with Gasteiger partial charge in [-0.05, 0) is 62.9 Å². The van der Waals surface area contributed by atoms with E-state index in [4.69, 9.17) is 0 Å². The van der Waals surface area contributed by atoms with Crippen molar-refractivity contribution in [1.29, 1.82) is 0 Å². The molecule has 4 heteroatoms. The van der Waals surface area contributed by atoms with Crippen LogP contribution in [0.25, 0.3) is 0 Å². The van der Waals surface area contributed by atoms with Crippen LogP contribution in [0, 0.1) is 5.92 Å². The van der Waals surface area contributed by atoms with Crippen molar-refractivity contribution in [3.63, 3.8) is 0 Å². The lowest BCUT2D eigenvalue weighted by Crippen LogP contribution is -2.50. The van der Waals surface area contributed by atoms with Crippen molar-refractivity contribution in [3.8, 4) is 0 Å². The zero-order valence-corrected chi connectivity index (χ0v) is 18.0. The fourth-order valence-electron chi connectivity index (χ4n) is 4.96. The smallest absolute Gasteiger partial charge is 0.224 e. The fraction of sp³-hybridized carbons (Fsp3) is 0.500. The first-order valence-electron chi connectivity index (χ1n) is 11.6. The van der Waals surface area contributed by atoms with Gasteiger partial charge in [0.05, 0.1) is 5.92 Å². The molecule has 1 N–H and O–H groups in total. The molecule has 2 aliphatic rings. The number of benzene rings is 2. The van der Waals surface area contributed by atoms with Crippen molar-refractivity contribution in [2.45, 2.75) is 44.7 Å². The Hall–Kier alpha value is -2.17. The Morgan fingerprint density at radius 3 is 2.23 bits per heavy atom. The number of hydrogen-bond donors (Lipinski definition) is 1. The lowest BCUT2D eigenvalue weighted by atomic mass is 9.93. The minimum Gasteiger partial charge on any atom is -0.355 e. The second-order valence-corrected chi connectivity index (χ2v) is 8.85. The zero-order chi connectivity index (χ0) is 20.6. The van der Waals surface area contributed by atoms with E-state index in [0.717, 1.165) is 58.5 Å². The van der Waals surface area contributed by atoms with Gasteiger partial charge in [0.15, 0.2) is 0 Å². The fourth-order valence-corrected chi connectivity index (χ4v) is 4.96. The molecule has 2 aromatic rings. The van der Waals surface area contributed by atoms with Gasteiger partial charge in [0.2, 0.25) is 5.91 Å². The summed E-state index contributed by atoms with van der Waals surface area (Å²) in [6.07, 6.45) is 5.51. The lowest BCUT2D eigenvalue weighted by Gasteiger charge is -2.42. The third kappa shape index (κ3) is 5.93. The highest BCUT2D eigenvalue weighted by Gasteiger charge is 2.31. The Morgan fingerprint density at radius 1 is 0.867 bits per heavy atom. The van der Waals surface area contributed by atoms with Crippen LogP contribution >= 0.6 is 0 Å². The Bertz CT molecular complexity index is 771. The number of amides is 1. The molecule has 30 heavy (non-hydrogen) atoms. The summed E-state index contributed by atoms with van der Waals surface area (Å²) in [5.41, 5.74) is 2.69. The van der Waals surface area contributed by atoms with Crippen molar-refractivity contribution in [2.75, 3.05) is 32.7 Å². The second-order valence-electron chi connectivity index (χ2n) is 8.85. The molecule has 1 amide bonds. The number of rotatable bonds is 7. The van der Waals surface area contributed by atoms with E-state index in [2.05, 4.69) is 69.7 Å². The normalized spacial score (nSPS) is 21.4. The number of likely N-dealkylation sites (tertiary alicyclic amines) is 2. The van der Waals surface area contributed by atoms with Crippen molar-refractivity contribution in [3.05, 3.63) is 71.8 Å². The Balaban J connectivity index is 1.20. The van der Waals surface area contributed by atoms with Gasteiger partial charge in [-0.1, -0.05) is 60.7 Å². The maximum Gasteiger partial charge on any atom is 0.224 e. The SMILES string of the molecule is O=C(NCCc1ccccc1)[C@@H]1CCCN(C2CCN(Cc3ccccc3)CC2)C1. The third-order valence-electron chi connectivity index (χ3n) is 6.70. The molecular formula is C26H35N3O. The molecule has 1 atom stereocenters. The van der Waals surface area contributed by atoms with Gasteiger partial charge in [-0.15, -0.1) is 0 Å². The summed E-state index contributed by atoms with van der Waals surface area (Å²) in [5, 5.41) is 3.18. The van der Waals surface area contributed by atoms with Gasteiger partial charge in [-0.2, -0.15) is 0 Å². The van der Waals surface area contributed by atoms with Crippen LogP contribution in [-0.2, 0) is 17.8 Å². The van der Waals surface area contributed by atoms with Crippen LogP contribution in [-0.4, -0.2) is 54.5 Å². The molecule has 2 heterocycles. The van der Waals surface area contributed by atoms with Crippen LogP contribution in [0.1, 0.15) is 36.8 Å². The number of nitrogens with zero attached hydrogens (tertiary/aromatic N) is 2. The molecular weight excluding hydrogens is 370 g/mol. The van der Waals surface area contributed by atoms with E-state index in [9.17, 15) is 4.79 Å². The quantitative estimate of drug-likeness (QED) is 0.763. The molecule has 2 saturated heterocycles. The maximum absolute atomic E-state index is 12.7. The average Bonchev–Trinajstić information content (AvgIpc) is 2.81. The number of hydrogen-bond acceptors (Lipinski definition) is 3. The summed E-state index contributed by atoms with van der Waals surface area (Å²) in [7, 11) is 0. The van der Waals surface area contributed by atoms with Gasteiger partial charge in [-0.25, -0.2) is 0 Å². The highest BCUT2D eigenvalue weighted by molar-refractivity contribution is 5.79. The highest BCUT2D eigenvalue weighted by atomic mass is 16.1. The average molecular weight is 406 g/mol. The topological polar surface area (TPSA) is 35.6 Å². The summed E-state index contributed by atoms with van der Waals surface area (Å²) in [4.78, 5) is 17.9. The molecule has 0 unspecified atom stereocenters. The van der Waals surface area contributed by atoms with Crippen LogP contribution in [0.3, 0.4) is 0 Å². The van der Waals surface area contributed by atoms with E-state index in [1.807, 2.05) is 6.07 Å². The molecule has 0 aromatic heterocycles. The molecule has 0 bridgehead atoms. The van der Waals surface area contributed by atoms with Crippen LogP contribution < -0.4 is 5.32 Å². The second kappa shape index (κ2) is 10.7. The number of nitrogens with one attached hydrogen (secondary N) is 1. The van der Waals surface area contributed by atoms with Crippen LogP contribution in [0.2, 0.25) is 0 Å². The molecule has 0 aliphatic carbocycles. The van der Waals surface area contributed by atoms with Crippen molar-refractivity contribution in [2.24, 2.45) is 5.92 Å². The van der Waals surface area contributed by atoms with E-state index in [1.165, 1.54) is 24.0 Å². The van der Waals surface area contributed by atoms with Crippen molar-refractivity contribution < 1.29 is 4.79 Å². The van der Waals surface area contributed by atoms with Gasteiger partial charge in [0.1, 0.15) is 0 Å². The minimum absolute atomic E-state index is 0.150. The van der Waals surface area contributed by atoms with E-state index in [1.54, 1.807) is 0 Å². The summed E-state index contributed by atoms with van der Waals surface area (Å²) in [5.74, 6) is 0.397. The molecule has 4 nitrogen and oxygen atoms in total. The van der Waals surface area contributed by atoms with Gasteiger partial charge in [0, 0.05) is 25.7 Å². The van der Waals surface area contributed by atoms with Crippen LogP contribution in [0.4, 0.5) is 0 Å². The predicted octanol–water partition coefficient (Wildman–Crippen LogP) is 3.72. The Kier molecular flexibility index (Phi) is 7.54. The van der Waals surface area contributed by atoms with Crippen LogP contribution in [0.5, 0.6) is 0 Å². The molecule has 2 fully saturated rings. The first-order valence-corrected chi connectivity index (χ1v) is 11.6. The maximum atomic E-state index is 12.7. The molecule has 2 aromatic carbocycles. The largest absolute Gasteiger partial charge is 0.355 e. The lowest BCUT2D eigenvalue weighted by molar-refractivity contribution is -0.127. The molecule has 0 radical (unpaired) electrons. The predicted molar refractivity (Wildman–Crippen MR) is 122 cm³/mol. The van der Waals surface area contributed by atoms with E-state index in [0.29, 0.717) is 6.04 Å². The first-order chi connectivity index (χ1) is 14.8. The summed E-state index contributed by atoms with van der Waals surface area (Å²) in [6, 6.07) is 21.8. The van der Waals surface area contributed by atoms with Crippen molar-refractivity contribution >= 4 is 5.91 Å². The van der Waals surface area contributed by atoms with E-state index >= 15 is 0 Å². The third-order valence-corrected chi connectivity index (χ3v) is 6.70. The van der Waals surface area contributed by atoms with Gasteiger partial charge in [0.25, 0.3) is 0 Å². The summed E-state index contributed by atoms with van der Waals surface area (Å²) >= 11 is 0. The molecule has 4 rings (SSSR count). The minimum atomic E-state index is 0.150. The number of carbonyl (C=O) groups excluding carboxylic acids is 1. The van der Waals surface area contributed by atoms with E-state index < -0.39 is 0 Å². The van der Waals surface area contributed by atoms with Gasteiger partial charge >= 0.3 is 0 Å². The highest BCUT2D eigenvalue weighted by Crippen LogP contribution is 2.24. The Morgan fingerprint density at radius 2 is 1.53 bits per heavy atom. The molecule has 160 valence electrons. The molecule has 0 spiro atoms. The van der Waals surface area contributed by atoms with E-state index in [-0.39, 0.29) is 11.8 Å². The summed E-state index contributed by atoms with van der Waals surface area (Å²) < 4.78 is 0. The van der Waals surface area contributed by atoms with Crippen molar-refractivity contribution in [1.82, 2.24) is 15.1 Å². The Labute approximate surface area is 181 Å². The first kappa shape index (κ1) is 21.1. The number of carbonyl (C=O) groups is 1. The summed E-state index contributed by atoms with van der Waals surface area (Å²) in [6.45, 7) is 6.18. The van der Waals surface area contributed by atoms with Crippen LogP contribution in [0.15, 0.2) is 60.7 Å². The van der Waals surface area contributed by atoms with Gasteiger partial charge in [-0.3, -0.25) is 14.6 Å². The molecule has 0 saturated carbocycles. The zero-order valence-electron chi connectivity index (χ0n) is 18.0. The molecule has 2 aliphatic heterocycles. The monoisotopic (exact) mass is 405 g/mol. The van der Waals surface area contributed by atoms with Gasteiger partial charge < -0.3 is 5.32 Å².